The molecule has 0 atom stereocenters. The van der Waals surface area contributed by atoms with Gasteiger partial charge in [0, 0.05) is 48.6 Å². The Hall–Kier alpha value is -2.99. The van der Waals surface area contributed by atoms with Gasteiger partial charge in [-0.3, -0.25) is 14.2 Å². The summed E-state index contributed by atoms with van der Waals surface area (Å²) >= 11 is 0. The molecule has 4 heterocycles. The van der Waals surface area contributed by atoms with Crippen molar-refractivity contribution in [2.45, 2.75) is 13.1 Å². The first-order valence-electron chi connectivity index (χ1n) is 8.04. The van der Waals surface area contributed by atoms with Crippen LogP contribution in [0.25, 0.3) is 28.0 Å². The molecule has 0 bridgehead atoms. The molecule has 0 saturated heterocycles. The molecule has 0 saturated carbocycles. The number of nitrogens with zero attached hydrogens (tertiary/aromatic N) is 5. The molecule has 0 fully saturated rings. The van der Waals surface area contributed by atoms with Crippen LogP contribution in [0.15, 0.2) is 55.1 Å². The second-order valence-electron chi connectivity index (χ2n) is 5.92. The van der Waals surface area contributed by atoms with Crippen molar-refractivity contribution in [2.75, 3.05) is 6.54 Å². The normalized spacial score (nSPS) is 14.0. The summed E-state index contributed by atoms with van der Waals surface area (Å²) in [5, 5.41) is 10.4. The maximum Gasteiger partial charge on any atom is 0.165 e. The van der Waals surface area contributed by atoms with Crippen LogP contribution in [0.2, 0.25) is 0 Å². The van der Waals surface area contributed by atoms with Crippen molar-refractivity contribution in [1.82, 2.24) is 29.6 Å². The van der Waals surface area contributed by atoms with Gasteiger partial charge >= 0.3 is 0 Å². The van der Waals surface area contributed by atoms with Crippen LogP contribution < -0.4 is 5.32 Å². The Morgan fingerprint density at radius 3 is 3.08 bits per heavy atom. The van der Waals surface area contributed by atoms with Crippen LogP contribution in [-0.4, -0.2) is 30.9 Å². The standard InChI is InChI=1S/C18H16N6/c1-2-13-11-19-5-4-15(13)17(3-1)23-8-7-21-18(23)16-10-14-12-20-6-9-24(14)22-16/h1-5,7-8,10-11,20H,6,9,12H2. The van der Waals surface area contributed by atoms with Crippen LogP contribution in [-0.2, 0) is 13.1 Å². The Morgan fingerprint density at radius 1 is 1.12 bits per heavy atom. The molecule has 118 valence electrons. The molecule has 3 aromatic heterocycles. The average molecular weight is 316 g/mol. The Kier molecular flexibility index (Phi) is 2.96. The van der Waals surface area contributed by atoms with Crippen molar-refractivity contribution >= 4 is 10.8 Å². The van der Waals surface area contributed by atoms with Gasteiger partial charge in [0.05, 0.1) is 17.9 Å². The SMILES string of the molecule is c1cc(-n2ccnc2-c2cc3n(n2)CCNC3)c2ccncc2c1. The molecule has 0 spiro atoms. The number of rotatable bonds is 2. The number of fused-ring (bicyclic) bond motifs is 2. The molecule has 1 N–H and O–H groups in total. The van der Waals surface area contributed by atoms with Gasteiger partial charge < -0.3 is 5.32 Å². The molecule has 6 heteroatoms. The summed E-state index contributed by atoms with van der Waals surface area (Å²) in [6.07, 6.45) is 7.52. The van der Waals surface area contributed by atoms with E-state index in [4.69, 9.17) is 5.10 Å². The predicted octanol–water partition coefficient (Wildman–Crippen LogP) is 2.39. The van der Waals surface area contributed by atoms with Gasteiger partial charge in [-0.1, -0.05) is 12.1 Å². The largest absolute Gasteiger partial charge is 0.309 e. The van der Waals surface area contributed by atoms with E-state index >= 15 is 0 Å². The van der Waals surface area contributed by atoms with Crippen LogP contribution >= 0.6 is 0 Å². The number of imidazole rings is 1. The number of aromatic nitrogens is 5. The quantitative estimate of drug-likeness (QED) is 0.617. The first-order chi connectivity index (χ1) is 11.9. The lowest BCUT2D eigenvalue weighted by Gasteiger charge is -2.13. The zero-order valence-corrected chi connectivity index (χ0v) is 13.1. The van der Waals surface area contributed by atoms with Gasteiger partial charge in [-0.15, -0.1) is 0 Å². The zero-order valence-electron chi connectivity index (χ0n) is 13.1. The van der Waals surface area contributed by atoms with Gasteiger partial charge in [-0.25, -0.2) is 4.98 Å². The summed E-state index contributed by atoms with van der Waals surface area (Å²) < 4.78 is 4.17. The molecule has 24 heavy (non-hydrogen) atoms. The van der Waals surface area contributed by atoms with Crippen molar-refractivity contribution in [3.63, 3.8) is 0 Å². The molecule has 6 nitrogen and oxygen atoms in total. The highest BCUT2D eigenvalue weighted by Gasteiger charge is 2.17. The van der Waals surface area contributed by atoms with Crippen LogP contribution in [0.1, 0.15) is 5.69 Å². The number of hydrogen-bond donors (Lipinski definition) is 1. The summed E-state index contributed by atoms with van der Waals surface area (Å²) in [7, 11) is 0. The summed E-state index contributed by atoms with van der Waals surface area (Å²) in [5.74, 6) is 0.862. The fraction of sp³-hybridized carbons (Fsp3) is 0.167. The smallest absolute Gasteiger partial charge is 0.165 e. The van der Waals surface area contributed by atoms with E-state index in [-0.39, 0.29) is 0 Å². The van der Waals surface area contributed by atoms with Gasteiger partial charge in [-0.2, -0.15) is 5.10 Å². The monoisotopic (exact) mass is 316 g/mol. The summed E-state index contributed by atoms with van der Waals surface area (Å²) in [6.45, 7) is 2.71. The van der Waals surface area contributed by atoms with E-state index in [0.29, 0.717) is 0 Å². The number of hydrogen-bond acceptors (Lipinski definition) is 4. The highest BCUT2D eigenvalue weighted by atomic mass is 15.3. The number of pyridine rings is 1. The van der Waals surface area contributed by atoms with Crippen molar-refractivity contribution in [3.8, 4) is 17.2 Å². The molecular weight excluding hydrogens is 300 g/mol. The molecule has 4 aromatic rings. The minimum absolute atomic E-state index is 0.855. The van der Waals surface area contributed by atoms with E-state index in [9.17, 15) is 0 Å². The minimum atomic E-state index is 0.855. The van der Waals surface area contributed by atoms with E-state index in [0.717, 1.165) is 47.6 Å². The lowest BCUT2D eigenvalue weighted by atomic mass is 10.1. The topological polar surface area (TPSA) is 60.6 Å². The highest BCUT2D eigenvalue weighted by Crippen LogP contribution is 2.26. The molecule has 1 aromatic carbocycles. The molecule has 0 amide bonds. The molecule has 5 rings (SSSR count). The molecule has 0 unspecified atom stereocenters. The third kappa shape index (κ3) is 2.04. The van der Waals surface area contributed by atoms with E-state index < -0.39 is 0 Å². The van der Waals surface area contributed by atoms with Crippen LogP contribution in [0.5, 0.6) is 0 Å². The third-order valence-corrected chi connectivity index (χ3v) is 4.46. The lowest BCUT2D eigenvalue weighted by molar-refractivity contribution is 0.476. The van der Waals surface area contributed by atoms with Gasteiger partial charge in [0.15, 0.2) is 5.82 Å². The fourth-order valence-electron chi connectivity index (χ4n) is 3.30. The van der Waals surface area contributed by atoms with E-state index in [1.165, 1.54) is 5.69 Å². The Labute approximate surface area is 138 Å². The Balaban J connectivity index is 1.68. The summed E-state index contributed by atoms with van der Waals surface area (Å²) in [4.78, 5) is 8.78. The highest BCUT2D eigenvalue weighted by molar-refractivity contribution is 5.90. The van der Waals surface area contributed by atoms with Gasteiger partial charge in [0.25, 0.3) is 0 Å². The van der Waals surface area contributed by atoms with E-state index in [2.05, 4.69) is 42.7 Å². The van der Waals surface area contributed by atoms with Crippen molar-refractivity contribution in [3.05, 3.63) is 60.8 Å². The second-order valence-corrected chi connectivity index (χ2v) is 5.92. The van der Waals surface area contributed by atoms with Crippen molar-refractivity contribution in [1.29, 1.82) is 0 Å². The molecule has 1 aliphatic rings. The molecule has 0 radical (unpaired) electrons. The van der Waals surface area contributed by atoms with Gasteiger partial charge in [0.1, 0.15) is 5.69 Å². The van der Waals surface area contributed by atoms with Crippen molar-refractivity contribution < 1.29 is 0 Å². The summed E-state index contributed by atoms with van der Waals surface area (Å²) in [6, 6.07) is 10.4. The maximum atomic E-state index is 4.74. The van der Waals surface area contributed by atoms with Crippen LogP contribution in [0.3, 0.4) is 0 Å². The second kappa shape index (κ2) is 5.28. The number of benzene rings is 1. The van der Waals surface area contributed by atoms with Crippen LogP contribution in [0, 0.1) is 0 Å². The first kappa shape index (κ1) is 13.4. The van der Waals surface area contributed by atoms with Gasteiger partial charge in [0.2, 0.25) is 0 Å². The Bertz CT molecular complexity index is 1000. The van der Waals surface area contributed by atoms with Crippen LogP contribution in [0.4, 0.5) is 0 Å². The third-order valence-electron chi connectivity index (χ3n) is 4.46. The van der Waals surface area contributed by atoms with Crippen molar-refractivity contribution in [2.24, 2.45) is 0 Å². The number of nitrogens with one attached hydrogen (secondary N) is 1. The first-order valence-corrected chi connectivity index (χ1v) is 8.04. The molecular formula is C18H16N6. The molecule has 0 aliphatic carbocycles. The van der Waals surface area contributed by atoms with E-state index in [1.54, 1.807) is 0 Å². The Morgan fingerprint density at radius 2 is 2.12 bits per heavy atom. The summed E-state index contributed by atoms with van der Waals surface area (Å²) in [5.41, 5.74) is 3.20. The zero-order chi connectivity index (χ0) is 15.9. The van der Waals surface area contributed by atoms with Gasteiger partial charge in [-0.05, 0) is 18.2 Å². The predicted molar refractivity (Wildman–Crippen MR) is 91.8 cm³/mol. The fourth-order valence-corrected chi connectivity index (χ4v) is 3.30. The van der Waals surface area contributed by atoms with E-state index in [1.807, 2.05) is 36.9 Å². The maximum absolute atomic E-state index is 4.74. The lowest BCUT2D eigenvalue weighted by Crippen LogP contribution is -2.28. The molecule has 1 aliphatic heterocycles. The minimum Gasteiger partial charge on any atom is -0.309 e. The average Bonchev–Trinajstić information content (AvgIpc) is 3.27.